The first-order valence-electron chi connectivity index (χ1n) is 5.11. The summed E-state index contributed by atoms with van der Waals surface area (Å²) in [5.41, 5.74) is 1.30. The first-order valence-corrected chi connectivity index (χ1v) is 5.11. The second kappa shape index (κ2) is 3.15. The van der Waals surface area contributed by atoms with Gasteiger partial charge in [-0.05, 0) is 32.9 Å². The molecule has 0 aliphatic carbocycles. The fourth-order valence-electron chi connectivity index (χ4n) is 2.02. The summed E-state index contributed by atoms with van der Waals surface area (Å²) in [5, 5.41) is 3.41. The minimum Gasteiger partial charge on any atom is -0.380 e. The first-order chi connectivity index (χ1) is 6.65. The standard InChI is InChI=1S/C11H17N3/c1-4-14-10-9(6-5-7-12-10)13-8-11(14,2)3/h5-7,13H,4,8H2,1-3H3. The van der Waals surface area contributed by atoms with Crippen molar-refractivity contribution < 1.29 is 0 Å². The Balaban J connectivity index is 2.45. The van der Waals surface area contributed by atoms with E-state index < -0.39 is 0 Å². The van der Waals surface area contributed by atoms with E-state index in [0.29, 0.717) is 0 Å². The molecule has 3 heteroatoms. The number of pyridine rings is 1. The van der Waals surface area contributed by atoms with Crippen molar-refractivity contribution in [3.63, 3.8) is 0 Å². The van der Waals surface area contributed by atoms with Gasteiger partial charge in [-0.15, -0.1) is 0 Å². The van der Waals surface area contributed by atoms with E-state index in [1.165, 1.54) is 0 Å². The lowest BCUT2D eigenvalue weighted by molar-refractivity contribution is 0.475. The Labute approximate surface area is 85.1 Å². The molecule has 0 saturated heterocycles. The number of nitrogens with zero attached hydrogens (tertiary/aromatic N) is 2. The van der Waals surface area contributed by atoms with E-state index in [1.807, 2.05) is 12.3 Å². The van der Waals surface area contributed by atoms with Crippen LogP contribution in [0, 0.1) is 0 Å². The lowest BCUT2D eigenvalue weighted by Crippen LogP contribution is -2.52. The maximum Gasteiger partial charge on any atom is 0.152 e. The van der Waals surface area contributed by atoms with Crippen LogP contribution in [0.25, 0.3) is 0 Å². The zero-order valence-electron chi connectivity index (χ0n) is 9.04. The summed E-state index contributed by atoms with van der Waals surface area (Å²) in [6.45, 7) is 8.62. The monoisotopic (exact) mass is 191 g/mol. The van der Waals surface area contributed by atoms with E-state index in [1.54, 1.807) is 0 Å². The molecule has 0 radical (unpaired) electrons. The van der Waals surface area contributed by atoms with Gasteiger partial charge in [0.2, 0.25) is 0 Å². The van der Waals surface area contributed by atoms with Crippen molar-refractivity contribution >= 4 is 11.5 Å². The minimum absolute atomic E-state index is 0.149. The third-order valence-corrected chi connectivity index (χ3v) is 2.80. The lowest BCUT2D eigenvalue weighted by atomic mass is 9.99. The van der Waals surface area contributed by atoms with E-state index in [2.05, 4.69) is 42.0 Å². The smallest absolute Gasteiger partial charge is 0.152 e. The van der Waals surface area contributed by atoms with Crippen molar-refractivity contribution in [2.45, 2.75) is 26.3 Å². The number of nitrogens with one attached hydrogen (secondary N) is 1. The summed E-state index contributed by atoms with van der Waals surface area (Å²) < 4.78 is 0. The number of likely N-dealkylation sites (N-methyl/N-ethyl adjacent to an activating group) is 1. The summed E-state index contributed by atoms with van der Waals surface area (Å²) >= 11 is 0. The van der Waals surface area contributed by atoms with Crippen LogP contribution in [-0.4, -0.2) is 23.6 Å². The van der Waals surface area contributed by atoms with Gasteiger partial charge < -0.3 is 10.2 Å². The van der Waals surface area contributed by atoms with Gasteiger partial charge >= 0.3 is 0 Å². The predicted octanol–water partition coefficient (Wildman–Crippen LogP) is 2.11. The lowest BCUT2D eigenvalue weighted by Gasteiger charge is -2.43. The van der Waals surface area contributed by atoms with Crippen molar-refractivity contribution in [2.75, 3.05) is 23.3 Å². The molecule has 0 amide bonds. The number of aromatic nitrogens is 1. The number of hydrogen-bond donors (Lipinski definition) is 1. The van der Waals surface area contributed by atoms with Crippen molar-refractivity contribution in [1.82, 2.24) is 4.98 Å². The minimum atomic E-state index is 0.149. The van der Waals surface area contributed by atoms with Crippen LogP contribution in [0.15, 0.2) is 18.3 Å². The van der Waals surface area contributed by atoms with Gasteiger partial charge in [-0.1, -0.05) is 0 Å². The molecule has 0 fully saturated rings. The zero-order valence-corrected chi connectivity index (χ0v) is 9.04. The van der Waals surface area contributed by atoms with Crippen molar-refractivity contribution in [2.24, 2.45) is 0 Å². The summed E-state index contributed by atoms with van der Waals surface area (Å²) in [5.74, 6) is 1.08. The molecule has 2 rings (SSSR count). The van der Waals surface area contributed by atoms with Crippen LogP contribution in [0.4, 0.5) is 11.5 Å². The van der Waals surface area contributed by atoms with E-state index in [-0.39, 0.29) is 5.54 Å². The normalized spacial score (nSPS) is 18.6. The number of hydrogen-bond acceptors (Lipinski definition) is 3. The molecule has 0 spiro atoms. The highest BCUT2D eigenvalue weighted by Crippen LogP contribution is 2.33. The summed E-state index contributed by atoms with van der Waals surface area (Å²) in [4.78, 5) is 6.78. The molecule has 1 N–H and O–H groups in total. The summed E-state index contributed by atoms with van der Waals surface area (Å²) in [7, 11) is 0. The van der Waals surface area contributed by atoms with Gasteiger partial charge in [0.1, 0.15) is 0 Å². The molecule has 14 heavy (non-hydrogen) atoms. The number of fused-ring (bicyclic) bond motifs is 1. The summed E-state index contributed by atoms with van der Waals surface area (Å²) in [6, 6.07) is 4.05. The van der Waals surface area contributed by atoms with Gasteiger partial charge in [-0.3, -0.25) is 0 Å². The molecule has 0 unspecified atom stereocenters. The van der Waals surface area contributed by atoms with Crippen molar-refractivity contribution in [3.05, 3.63) is 18.3 Å². The highest BCUT2D eigenvalue weighted by Gasteiger charge is 2.31. The fraction of sp³-hybridized carbons (Fsp3) is 0.545. The molecule has 0 saturated carbocycles. The fourth-order valence-corrected chi connectivity index (χ4v) is 2.02. The molecular weight excluding hydrogens is 174 g/mol. The number of rotatable bonds is 1. The highest BCUT2D eigenvalue weighted by molar-refractivity contribution is 5.69. The Morgan fingerprint density at radius 2 is 2.36 bits per heavy atom. The Kier molecular flexibility index (Phi) is 2.10. The second-order valence-electron chi connectivity index (χ2n) is 4.28. The van der Waals surface area contributed by atoms with E-state index in [4.69, 9.17) is 0 Å². The average molecular weight is 191 g/mol. The molecule has 0 aromatic carbocycles. The summed E-state index contributed by atoms with van der Waals surface area (Å²) in [6.07, 6.45) is 1.85. The molecule has 1 aromatic rings. The molecular formula is C11H17N3. The highest BCUT2D eigenvalue weighted by atomic mass is 15.3. The Hall–Kier alpha value is -1.25. The molecule has 1 aromatic heterocycles. The van der Waals surface area contributed by atoms with Gasteiger partial charge in [0, 0.05) is 19.3 Å². The molecule has 76 valence electrons. The van der Waals surface area contributed by atoms with Crippen LogP contribution in [0.2, 0.25) is 0 Å². The zero-order chi connectivity index (χ0) is 10.2. The van der Waals surface area contributed by atoms with Crippen molar-refractivity contribution in [1.29, 1.82) is 0 Å². The number of anilines is 2. The third-order valence-electron chi connectivity index (χ3n) is 2.80. The average Bonchev–Trinajstić information content (AvgIpc) is 2.17. The van der Waals surface area contributed by atoms with E-state index in [9.17, 15) is 0 Å². The van der Waals surface area contributed by atoms with Gasteiger partial charge in [-0.25, -0.2) is 4.98 Å². The van der Waals surface area contributed by atoms with Crippen LogP contribution in [0.5, 0.6) is 0 Å². The molecule has 3 nitrogen and oxygen atoms in total. The van der Waals surface area contributed by atoms with Crippen LogP contribution < -0.4 is 10.2 Å². The predicted molar refractivity (Wildman–Crippen MR) is 59.8 cm³/mol. The maximum absolute atomic E-state index is 4.43. The SMILES string of the molecule is CCN1c2ncccc2NCC1(C)C. The largest absolute Gasteiger partial charge is 0.380 e. The van der Waals surface area contributed by atoms with Crippen LogP contribution in [0.3, 0.4) is 0 Å². The van der Waals surface area contributed by atoms with Gasteiger partial charge in [0.05, 0.1) is 11.2 Å². The topological polar surface area (TPSA) is 28.2 Å². The quantitative estimate of drug-likeness (QED) is 0.737. The van der Waals surface area contributed by atoms with Crippen molar-refractivity contribution in [3.8, 4) is 0 Å². The first kappa shape index (κ1) is 9.31. The third kappa shape index (κ3) is 1.33. The molecule has 0 bridgehead atoms. The van der Waals surface area contributed by atoms with Crippen LogP contribution >= 0.6 is 0 Å². The molecule has 2 heterocycles. The van der Waals surface area contributed by atoms with Crippen LogP contribution in [0.1, 0.15) is 20.8 Å². The molecule has 1 aliphatic rings. The second-order valence-corrected chi connectivity index (χ2v) is 4.28. The van der Waals surface area contributed by atoms with E-state index in [0.717, 1.165) is 24.6 Å². The van der Waals surface area contributed by atoms with Gasteiger partial charge in [0.15, 0.2) is 5.82 Å². The maximum atomic E-state index is 4.43. The Bertz CT molecular complexity index is 333. The molecule has 1 aliphatic heterocycles. The molecule has 0 atom stereocenters. The van der Waals surface area contributed by atoms with E-state index >= 15 is 0 Å². The van der Waals surface area contributed by atoms with Crippen LogP contribution in [-0.2, 0) is 0 Å². The Morgan fingerprint density at radius 1 is 1.57 bits per heavy atom. The Morgan fingerprint density at radius 3 is 3.07 bits per heavy atom. The van der Waals surface area contributed by atoms with Gasteiger partial charge in [-0.2, -0.15) is 0 Å². The van der Waals surface area contributed by atoms with Gasteiger partial charge in [0.25, 0.3) is 0 Å².